The fourth-order valence-corrected chi connectivity index (χ4v) is 8.27. The minimum Gasteiger partial charge on any atom is -0.309 e. The van der Waals surface area contributed by atoms with Gasteiger partial charge < -0.3 is 10.6 Å². The van der Waals surface area contributed by atoms with Gasteiger partial charge in [0, 0.05) is 39.0 Å². The fourth-order valence-electron chi connectivity index (χ4n) is 8.27. The SMILES string of the molecule is c1ccc2c(c1)n1c[n+]2CCC[n+]2cn(c3ccccc32)CCNCCn2c[n+](c3ccccc32)CCC[n+]2cn(c3ccccc32)CCNCC1. The summed E-state index contributed by atoms with van der Waals surface area (Å²) in [6.07, 6.45) is 11.4. The van der Waals surface area contributed by atoms with E-state index >= 15 is 0 Å². The number of rotatable bonds is 0. The zero-order chi connectivity index (χ0) is 34.7. The Bertz CT molecular complexity index is 2120. The predicted octanol–water partition coefficient (Wildman–Crippen LogP) is 3.73. The summed E-state index contributed by atoms with van der Waals surface area (Å²) < 4.78 is 19.4. The van der Waals surface area contributed by atoms with Gasteiger partial charge in [-0.3, -0.25) is 0 Å². The van der Waals surface area contributed by atoms with Crippen LogP contribution >= 0.6 is 0 Å². The van der Waals surface area contributed by atoms with E-state index in [0.29, 0.717) is 0 Å². The lowest BCUT2D eigenvalue weighted by atomic mass is 10.3. The van der Waals surface area contributed by atoms with E-state index in [1.807, 2.05) is 0 Å². The highest BCUT2D eigenvalue weighted by Crippen LogP contribution is 2.15. The molecular formula is C42H50N10+4. The lowest BCUT2D eigenvalue weighted by molar-refractivity contribution is -0.703. The molecule has 0 atom stereocenters. The first-order chi connectivity index (χ1) is 25.8. The molecule has 264 valence electrons. The van der Waals surface area contributed by atoms with Gasteiger partial charge in [-0.15, -0.1) is 0 Å². The molecule has 52 heavy (non-hydrogen) atoms. The molecule has 1 aliphatic heterocycles. The number of hydrogen-bond donors (Lipinski definition) is 2. The number of aryl methyl sites for hydroxylation is 4. The van der Waals surface area contributed by atoms with Crippen LogP contribution in [0.15, 0.2) is 122 Å². The molecule has 0 aliphatic carbocycles. The van der Waals surface area contributed by atoms with Crippen LogP contribution in [-0.2, 0) is 52.4 Å². The van der Waals surface area contributed by atoms with Crippen molar-refractivity contribution in [2.45, 2.75) is 65.2 Å². The maximum absolute atomic E-state index is 3.74. The maximum Gasteiger partial charge on any atom is 0.244 e. The number of imidazole rings is 4. The molecule has 8 aromatic rings. The van der Waals surface area contributed by atoms with Gasteiger partial charge in [0.2, 0.25) is 25.3 Å². The number of nitrogens with one attached hydrogen (secondary N) is 2. The van der Waals surface area contributed by atoms with Crippen molar-refractivity contribution < 1.29 is 18.3 Å². The van der Waals surface area contributed by atoms with Crippen LogP contribution in [0.4, 0.5) is 0 Å². The molecule has 0 spiro atoms. The van der Waals surface area contributed by atoms with Crippen LogP contribution in [0, 0.1) is 0 Å². The zero-order valence-electron chi connectivity index (χ0n) is 30.0. The largest absolute Gasteiger partial charge is 0.309 e. The van der Waals surface area contributed by atoms with E-state index in [1.165, 1.54) is 44.1 Å². The average molecular weight is 695 g/mol. The highest BCUT2D eigenvalue weighted by Gasteiger charge is 2.20. The molecule has 0 fully saturated rings. The van der Waals surface area contributed by atoms with Crippen LogP contribution in [0.2, 0.25) is 0 Å². The van der Waals surface area contributed by atoms with Gasteiger partial charge in [0.05, 0.1) is 26.2 Å². The zero-order valence-corrected chi connectivity index (χ0v) is 30.0. The highest BCUT2D eigenvalue weighted by atomic mass is 15.2. The third kappa shape index (κ3) is 6.48. The molecule has 10 nitrogen and oxygen atoms in total. The molecule has 9 rings (SSSR count). The first kappa shape index (κ1) is 32.6. The number of nitrogens with zero attached hydrogens (tertiary/aromatic N) is 8. The molecule has 0 radical (unpaired) electrons. The second kappa shape index (κ2) is 14.7. The predicted molar refractivity (Wildman–Crippen MR) is 204 cm³/mol. The summed E-state index contributed by atoms with van der Waals surface area (Å²) in [4.78, 5) is 0. The van der Waals surface area contributed by atoms with E-state index in [0.717, 1.165) is 91.4 Å². The third-order valence-corrected chi connectivity index (χ3v) is 10.8. The van der Waals surface area contributed by atoms with E-state index in [1.54, 1.807) is 0 Å². The van der Waals surface area contributed by atoms with Gasteiger partial charge in [-0.05, 0) is 48.5 Å². The first-order valence-corrected chi connectivity index (χ1v) is 19.1. The van der Waals surface area contributed by atoms with E-state index in [-0.39, 0.29) is 0 Å². The lowest BCUT2D eigenvalue weighted by Crippen LogP contribution is -2.38. The Balaban J connectivity index is 0.971. The first-order valence-electron chi connectivity index (χ1n) is 19.1. The Labute approximate surface area is 304 Å². The minimum atomic E-state index is 0.924. The highest BCUT2D eigenvalue weighted by molar-refractivity contribution is 5.73. The van der Waals surface area contributed by atoms with Crippen molar-refractivity contribution in [3.63, 3.8) is 0 Å². The molecule has 0 unspecified atom stereocenters. The second-order valence-corrected chi connectivity index (χ2v) is 14.2. The van der Waals surface area contributed by atoms with Crippen molar-refractivity contribution in [2.24, 2.45) is 0 Å². The molecule has 8 bridgehead atoms. The number of para-hydroxylation sites is 8. The Hall–Kier alpha value is -5.32. The molecule has 10 heteroatoms. The van der Waals surface area contributed by atoms with Gasteiger partial charge in [0.25, 0.3) is 0 Å². The van der Waals surface area contributed by atoms with Gasteiger partial charge in [0.1, 0.15) is 26.2 Å². The average Bonchev–Trinajstić information content (AvgIpc) is 3.93. The third-order valence-electron chi connectivity index (χ3n) is 10.8. The number of aromatic nitrogens is 8. The summed E-state index contributed by atoms with van der Waals surface area (Å²) in [7, 11) is 0. The van der Waals surface area contributed by atoms with Gasteiger partial charge >= 0.3 is 0 Å². The van der Waals surface area contributed by atoms with Gasteiger partial charge in [-0.25, -0.2) is 36.5 Å². The van der Waals surface area contributed by atoms with E-state index in [2.05, 4.69) is 170 Å². The fraction of sp³-hybridized carbons (Fsp3) is 0.333. The molecule has 4 aromatic heterocycles. The Morgan fingerprint density at radius 2 is 0.596 bits per heavy atom. The van der Waals surface area contributed by atoms with E-state index in [9.17, 15) is 0 Å². The molecule has 1 aliphatic rings. The smallest absolute Gasteiger partial charge is 0.244 e. The van der Waals surface area contributed by atoms with Gasteiger partial charge in [0.15, 0.2) is 44.1 Å². The lowest BCUT2D eigenvalue weighted by Gasteiger charge is -2.02. The van der Waals surface area contributed by atoms with E-state index < -0.39 is 0 Å². The topological polar surface area (TPSA) is 59.3 Å². The van der Waals surface area contributed by atoms with Crippen LogP contribution in [0.3, 0.4) is 0 Å². The van der Waals surface area contributed by atoms with Crippen LogP contribution < -0.4 is 28.9 Å². The molecule has 0 saturated carbocycles. The molecule has 2 N–H and O–H groups in total. The van der Waals surface area contributed by atoms with Gasteiger partial charge in [-0.2, -0.15) is 0 Å². The molecule has 4 aromatic carbocycles. The molecule has 0 saturated heterocycles. The van der Waals surface area contributed by atoms with Crippen LogP contribution in [0.5, 0.6) is 0 Å². The van der Waals surface area contributed by atoms with Crippen molar-refractivity contribution in [3.05, 3.63) is 122 Å². The summed E-state index contributed by atoms with van der Waals surface area (Å²) in [6, 6.07) is 35.3. The van der Waals surface area contributed by atoms with Crippen molar-refractivity contribution in [1.29, 1.82) is 0 Å². The van der Waals surface area contributed by atoms with Crippen LogP contribution in [0.1, 0.15) is 12.8 Å². The Morgan fingerprint density at radius 3 is 0.865 bits per heavy atom. The summed E-state index contributed by atoms with van der Waals surface area (Å²) in [6.45, 7) is 11.3. The van der Waals surface area contributed by atoms with Crippen molar-refractivity contribution in [2.75, 3.05) is 26.2 Å². The number of fused-ring (bicyclic) bond motifs is 20. The number of hydrogen-bond acceptors (Lipinski definition) is 2. The quantitative estimate of drug-likeness (QED) is 0.238. The Morgan fingerprint density at radius 1 is 0.346 bits per heavy atom. The van der Waals surface area contributed by atoms with Crippen LogP contribution in [-0.4, -0.2) is 44.4 Å². The standard InChI is InChI=1S/C42H50N10/c1-5-15-39-35(11-1)45-23-9-24-46-32-50(40-16-6-2-12-36(40)46)29-21-44-22-30-52-34-48(38-14-4-8-18-42(38)52)26-10-25-47-33-51(41-17-7-3-13-37(41)47)28-20-43-19-27-49(39)31-45/h1-8,11-18,31-34,43-44H,9-10,19-30H2/q+4. The number of benzene rings is 4. The summed E-state index contributed by atoms with van der Waals surface area (Å²) in [5.41, 5.74) is 10.4. The van der Waals surface area contributed by atoms with Gasteiger partial charge in [-0.1, -0.05) is 48.5 Å². The summed E-state index contributed by atoms with van der Waals surface area (Å²) in [5, 5.41) is 7.49. The normalized spacial score (nSPS) is 16.0. The molecular weight excluding hydrogens is 645 g/mol. The van der Waals surface area contributed by atoms with E-state index in [4.69, 9.17) is 0 Å². The van der Waals surface area contributed by atoms with Crippen molar-refractivity contribution >= 4 is 44.1 Å². The maximum atomic E-state index is 3.74. The summed E-state index contributed by atoms with van der Waals surface area (Å²) >= 11 is 0. The second-order valence-electron chi connectivity index (χ2n) is 14.2. The monoisotopic (exact) mass is 694 g/mol. The molecule has 0 amide bonds. The Kier molecular flexibility index (Phi) is 9.23. The van der Waals surface area contributed by atoms with Crippen molar-refractivity contribution in [3.8, 4) is 0 Å². The summed E-state index contributed by atoms with van der Waals surface area (Å²) in [5.74, 6) is 0. The molecule has 5 heterocycles. The van der Waals surface area contributed by atoms with Crippen LogP contribution in [0.25, 0.3) is 44.1 Å². The van der Waals surface area contributed by atoms with Crippen molar-refractivity contribution in [1.82, 2.24) is 28.9 Å². The minimum absolute atomic E-state index is 0.924.